The molecule has 1 aromatic carbocycles. The number of amides is 2. The second-order valence-electron chi connectivity index (χ2n) is 9.84. The fourth-order valence-corrected chi connectivity index (χ4v) is 5.40. The van der Waals surface area contributed by atoms with Crippen LogP contribution in [0.1, 0.15) is 54.4 Å². The van der Waals surface area contributed by atoms with Crippen LogP contribution in [0.5, 0.6) is 5.75 Å². The quantitative estimate of drug-likeness (QED) is 0.270. The Hall–Kier alpha value is -2.20. The molecular weight excluding hydrogens is 470 g/mol. The summed E-state index contributed by atoms with van der Waals surface area (Å²) < 4.78 is 66.7. The Bertz CT molecular complexity index is 938. The SMILES string of the molecule is CC1C2CC(O)C(C2)C1C.CCOC(C)Oc1c(F)c(F)c(N2C(=O)C(C)C(C)C2=O)c(F)c1F. The third-order valence-corrected chi connectivity index (χ3v) is 7.94. The molecule has 1 heterocycles. The Morgan fingerprint density at radius 3 is 1.83 bits per heavy atom. The minimum absolute atomic E-state index is 0.0381. The Kier molecular flexibility index (Phi) is 8.16. The van der Waals surface area contributed by atoms with Crippen molar-refractivity contribution in [2.45, 2.75) is 66.8 Å². The summed E-state index contributed by atoms with van der Waals surface area (Å²) in [6.45, 7) is 10.4. The van der Waals surface area contributed by atoms with E-state index in [1.54, 1.807) is 6.92 Å². The van der Waals surface area contributed by atoms with Crippen molar-refractivity contribution in [3.8, 4) is 5.75 Å². The fraction of sp³-hybridized carbons (Fsp3) is 0.680. The minimum Gasteiger partial charge on any atom is -0.459 e. The van der Waals surface area contributed by atoms with Crippen molar-refractivity contribution in [1.82, 2.24) is 0 Å². The summed E-state index contributed by atoms with van der Waals surface area (Å²) in [7, 11) is 0. The summed E-state index contributed by atoms with van der Waals surface area (Å²) in [6.07, 6.45) is 1.24. The van der Waals surface area contributed by atoms with Crippen LogP contribution in [0.4, 0.5) is 23.2 Å². The van der Waals surface area contributed by atoms with E-state index >= 15 is 0 Å². The number of benzene rings is 1. The van der Waals surface area contributed by atoms with Crippen LogP contribution < -0.4 is 9.64 Å². The molecule has 2 bridgehead atoms. The van der Waals surface area contributed by atoms with Crippen molar-refractivity contribution in [3.05, 3.63) is 23.3 Å². The average Bonchev–Trinajstić information content (AvgIpc) is 3.39. The van der Waals surface area contributed by atoms with Gasteiger partial charge in [-0.15, -0.1) is 0 Å². The van der Waals surface area contributed by atoms with Crippen LogP contribution >= 0.6 is 0 Å². The molecule has 0 aromatic heterocycles. The lowest BCUT2D eigenvalue weighted by molar-refractivity contribution is -0.122. The molecule has 3 fully saturated rings. The summed E-state index contributed by atoms with van der Waals surface area (Å²) in [5.41, 5.74) is -1.38. The van der Waals surface area contributed by atoms with Gasteiger partial charge in [-0.25, -0.2) is 13.7 Å². The zero-order valence-corrected chi connectivity index (χ0v) is 20.8. The van der Waals surface area contributed by atoms with Crippen molar-refractivity contribution >= 4 is 17.5 Å². The molecule has 1 N–H and O–H groups in total. The Balaban J connectivity index is 0.000000281. The second kappa shape index (κ2) is 10.4. The molecule has 2 aliphatic carbocycles. The molecule has 6 nitrogen and oxygen atoms in total. The summed E-state index contributed by atoms with van der Waals surface area (Å²) in [6, 6.07) is 0. The highest BCUT2D eigenvalue weighted by Crippen LogP contribution is 2.51. The highest BCUT2D eigenvalue weighted by atomic mass is 19.2. The van der Waals surface area contributed by atoms with Gasteiger partial charge in [0.25, 0.3) is 0 Å². The number of aliphatic hydroxyl groups excluding tert-OH is 1. The number of carbonyl (C=O) groups excluding carboxylic acids is 2. The van der Waals surface area contributed by atoms with Crippen LogP contribution in [0.3, 0.4) is 0 Å². The third kappa shape index (κ3) is 4.79. The highest BCUT2D eigenvalue weighted by molar-refractivity contribution is 6.21. The largest absolute Gasteiger partial charge is 0.459 e. The van der Waals surface area contributed by atoms with Gasteiger partial charge in [0.1, 0.15) is 5.69 Å². The first-order valence-electron chi connectivity index (χ1n) is 12.0. The number of fused-ring (bicyclic) bond motifs is 2. The molecule has 0 radical (unpaired) electrons. The van der Waals surface area contributed by atoms with Gasteiger partial charge in [0.15, 0.2) is 23.7 Å². The molecule has 1 saturated heterocycles. The van der Waals surface area contributed by atoms with Gasteiger partial charge in [-0.05, 0) is 50.4 Å². The van der Waals surface area contributed by atoms with Crippen LogP contribution in [0.25, 0.3) is 0 Å². The molecule has 196 valence electrons. The van der Waals surface area contributed by atoms with E-state index in [9.17, 15) is 32.3 Å². The summed E-state index contributed by atoms with van der Waals surface area (Å²) in [5, 5.41) is 9.51. The molecule has 1 aromatic rings. The predicted molar refractivity (Wildman–Crippen MR) is 119 cm³/mol. The first-order chi connectivity index (χ1) is 16.3. The molecule has 10 heteroatoms. The van der Waals surface area contributed by atoms with Crippen LogP contribution in [-0.4, -0.2) is 35.9 Å². The van der Waals surface area contributed by atoms with E-state index in [0.29, 0.717) is 5.92 Å². The van der Waals surface area contributed by atoms with Crippen molar-refractivity contribution < 1.29 is 41.7 Å². The Morgan fingerprint density at radius 1 is 0.914 bits per heavy atom. The number of carbonyl (C=O) groups is 2. The molecule has 4 rings (SSSR count). The maximum Gasteiger partial charge on any atom is 0.237 e. The first kappa shape index (κ1) is 27.4. The van der Waals surface area contributed by atoms with E-state index in [4.69, 9.17) is 9.47 Å². The van der Waals surface area contributed by atoms with Gasteiger partial charge in [0.2, 0.25) is 23.4 Å². The van der Waals surface area contributed by atoms with E-state index in [-0.39, 0.29) is 17.6 Å². The van der Waals surface area contributed by atoms with Gasteiger partial charge in [0, 0.05) is 18.4 Å². The van der Waals surface area contributed by atoms with Gasteiger partial charge in [-0.3, -0.25) is 9.59 Å². The van der Waals surface area contributed by atoms with Gasteiger partial charge in [-0.2, -0.15) is 8.78 Å². The van der Waals surface area contributed by atoms with E-state index in [1.165, 1.54) is 27.2 Å². The number of nitrogens with zero attached hydrogens (tertiary/aromatic N) is 1. The van der Waals surface area contributed by atoms with Gasteiger partial charge < -0.3 is 14.6 Å². The van der Waals surface area contributed by atoms with E-state index in [2.05, 4.69) is 13.8 Å². The molecule has 0 spiro atoms. The number of rotatable bonds is 5. The molecule has 1 aliphatic heterocycles. The molecule has 3 aliphatic rings. The third-order valence-electron chi connectivity index (χ3n) is 7.94. The Morgan fingerprint density at radius 2 is 1.43 bits per heavy atom. The van der Waals surface area contributed by atoms with Crippen LogP contribution in [0, 0.1) is 58.8 Å². The number of halogens is 4. The summed E-state index contributed by atoms with van der Waals surface area (Å²) in [4.78, 5) is 24.3. The van der Waals surface area contributed by atoms with Crippen LogP contribution in [0.15, 0.2) is 0 Å². The van der Waals surface area contributed by atoms with Crippen molar-refractivity contribution in [3.63, 3.8) is 0 Å². The van der Waals surface area contributed by atoms with Crippen molar-refractivity contribution in [2.75, 3.05) is 11.5 Å². The van der Waals surface area contributed by atoms with Gasteiger partial charge >= 0.3 is 0 Å². The van der Waals surface area contributed by atoms with Gasteiger partial charge in [-0.1, -0.05) is 27.7 Å². The number of aliphatic hydroxyl groups is 1. The zero-order valence-electron chi connectivity index (χ0n) is 20.8. The molecule has 2 amide bonds. The molecule has 8 unspecified atom stereocenters. The predicted octanol–water partition coefficient (Wildman–Crippen LogP) is 4.81. The summed E-state index contributed by atoms with van der Waals surface area (Å²) >= 11 is 0. The fourth-order valence-electron chi connectivity index (χ4n) is 5.40. The number of ether oxygens (including phenoxy) is 2. The molecule has 2 saturated carbocycles. The number of hydrogen-bond acceptors (Lipinski definition) is 5. The average molecular weight is 504 g/mol. The van der Waals surface area contributed by atoms with Crippen LogP contribution in [-0.2, 0) is 14.3 Å². The maximum atomic E-state index is 14.3. The lowest BCUT2D eigenvalue weighted by Crippen LogP contribution is -2.33. The van der Waals surface area contributed by atoms with E-state index < -0.39 is 64.6 Å². The highest BCUT2D eigenvalue weighted by Gasteiger charge is 2.48. The maximum absolute atomic E-state index is 14.3. The second-order valence-corrected chi connectivity index (χ2v) is 9.84. The first-order valence-corrected chi connectivity index (χ1v) is 12.0. The lowest BCUT2D eigenvalue weighted by Gasteiger charge is -2.28. The normalized spacial score (nSPS) is 32.7. The lowest BCUT2D eigenvalue weighted by atomic mass is 9.80. The Labute approximate surface area is 202 Å². The van der Waals surface area contributed by atoms with Crippen molar-refractivity contribution in [1.29, 1.82) is 0 Å². The number of imide groups is 1. The number of hydrogen-bond donors (Lipinski definition) is 1. The number of anilines is 1. The van der Waals surface area contributed by atoms with E-state index in [0.717, 1.165) is 24.2 Å². The summed E-state index contributed by atoms with van der Waals surface area (Å²) in [5.74, 6) is -9.30. The van der Waals surface area contributed by atoms with Crippen molar-refractivity contribution in [2.24, 2.45) is 35.5 Å². The topological polar surface area (TPSA) is 76.1 Å². The van der Waals surface area contributed by atoms with E-state index in [1.807, 2.05) is 0 Å². The monoisotopic (exact) mass is 503 g/mol. The molecule has 35 heavy (non-hydrogen) atoms. The van der Waals surface area contributed by atoms with Crippen LogP contribution in [0.2, 0.25) is 0 Å². The standard InChI is InChI=1S/C16H17F4NO4.C9H16O/c1-5-24-8(4)25-14-11(19)9(17)13(10(18)12(14)20)21-15(22)6(2)7(3)16(21)23;1-5-6(2)8-3-7(5)4-9(8)10/h6-8H,5H2,1-4H3;5-10H,3-4H2,1-2H3. The zero-order chi connectivity index (χ0) is 26.4. The smallest absolute Gasteiger partial charge is 0.237 e. The molecular formula is C25H33F4NO5. The molecule has 8 atom stereocenters. The van der Waals surface area contributed by atoms with Gasteiger partial charge in [0.05, 0.1) is 6.10 Å². The minimum atomic E-state index is -1.89.